The fourth-order valence-corrected chi connectivity index (χ4v) is 3.30. The lowest BCUT2D eigenvalue weighted by Crippen LogP contribution is -2.41. The Morgan fingerprint density at radius 2 is 2.23 bits per heavy atom. The standard InChI is InChI=1S/C20H35N5O/c1-4-21-20(23-13-9-15-25-14-7-6-10-17(25)3)24-16-18-11-8-12-22-19(18)26-5-2/h8,11-12,17H,4-7,9-10,13-16H2,1-3H3,(H2,21,23,24). The monoisotopic (exact) mass is 361 g/mol. The van der Waals surface area contributed by atoms with E-state index in [2.05, 4.69) is 39.4 Å². The second-order valence-electron chi connectivity index (χ2n) is 6.76. The van der Waals surface area contributed by atoms with Crippen molar-refractivity contribution in [3.63, 3.8) is 0 Å². The first-order valence-corrected chi connectivity index (χ1v) is 10.1. The fraction of sp³-hybridized carbons (Fsp3) is 0.700. The Morgan fingerprint density at radius 3 is 3.00 bits per heavy atom. The third kappa shape index (κ3) is 6.83. The van der Waals surface area contributed by atoms with Crippen molar-refractivity contribution < 1.29 is 4.74 Å². The van der Waals surface area contributed by atoms with Crippen LogP contribution >= 0.6 is 0 Å². The molecule has 0 aromatic carbocycles. The van der Waals surface area contributed by atoms with Crippen LogP contribution in [0, 0.1) is 0 Å². The highest BCUT2D eigenvalue weighted by atomic mass is 16.5. The van der Waals surface area contributed by atoms with Crippen LogP contribution in [-0.4, -0.2) is 54.7 Å². The summed E-state index contributed by atoms with van der Waals surface area (Å²) < 4.78 is 5.58. The Hall–Kier alpha value is -1.82. The number of hydrogen-bond acceptors (Lipinski definition) is 4. The van der Waals surface area contributed by atoms with Gasteiger partial charge in [-0.15, -0.1) is 0 Å². The lowest BCUT2D eigenvalue weighted by molar-refractivity contribution is 0.159. The number of pyridine rings is 1. The van der Waals surface area contributed by atoms with Crippen LogP contribution in [0.15, 0.2) is 23.3 Å². The summed E-state index contributed by atoms with van der Waals surface area (Å²) in [7, 11) is 0. The summed E-state index contributed by atoms with van der Waals surface area (Å²) in [5.41, 5.74) is 1.01. The van der Waals surface area contributed by atoms with Crippen molar-refractivity contribution >= 4 is 5.96 Å². The summed E-state index contributed by atoms with van der Waals surface area (Å²) in [4.78, 5) is 11.6. The number of ether oxygens (including phenoxy) is 1. The molecule has 2 N–H and O–H groups in total. The summed E-state index contributed by atoms with van der Waals surface area (Å²) in [5, 5.41) is 6.76. The van der Waals surface area contributed by atoms with E-state index in [1.54, 1.807) is 6.20 Å². The predicted octanol–water partition coefficient (Wildman–Crippen LogP) is 2.80. The smallest absolute Gasteiger partial charge is 0.218 e. The number of nitrogens with zero attached hydrogens (tertiary/aromatic N) is 3. The maximum absolute atomic E-state index is 5.58. The van der Waals surface area contributed by atoms with Crippen LogP contribution < -0.4 is 15.4 Å². The molecule has 1 fully saturated rings. The summed E-state index contributed by atoms with van der Waals surface area (Å²) >= 11 is 0. The van der Waals surface area contributed by atoms with Gasteiger partial charge in [0, 0.05) is 37.4 Å². The molecule has 0 radical (unpaired) electrons. The quantitative estimate of drug-likeness (QED) is 0.402. The molecular weight excluding hydrogens is 326 g/mol. The zero-order valence-electron chi connectivity index (χ0n) is 16.6. The molecule has 1 aromatic heterocycles. The average Bonchev–Trinajstić information content (AvgIpc) is 2.65. The molecule has 0 aliphatic carbocycles. The minimum absolute atomic E-state index is 0.557. The molecule has 1 unspecified atom stereocenters. The predicted molar refractivity (Wildman–Crippen MR) is 108 cm³/mol. The molecule has 0 saturated carbocycles. The number of guanidine groups is 1. The number of likely N-dealkylation sites (tertiary alicyclic amines) is 1. The third-order valence-corrected chi connectivity index (χ3v) is 4.74. The molecule has 1 saturated heterocycles. The van der Waals surface area contributed by atoms with Crippen molar-refractivity contribution in [2.75, 3.05) is 32.8 Å². The van der Waals surface area contributed by atoms with Crippen LogP contribution in [0.2, 0.25) is 0 Å². The van der Waals surface area contributed by atoms with Gasteiger partial charge in [-0.2, -0.15) is 0 Å². The summed E-state index contributed by atoms with van der Waals surface area (Å²) in [6.07, 6.45) is 6.94. The fourth-order valence-electron chi connectivity index (χ4n) is 3.30. The van der Waals surface area contributed by atoms with Gasteiger partial charge in [-0.25, -0.2) is 9.98 Å². The summed E-state index contributed by atoms with van der Waals surface area (Å²) in [5.74, 6) is 1.53. The Bertz CT molecular complexity index is 549. The average molecular weight is 362 g/mol. The van der Waals surface area contributed by atoms with E-state index in [1.165, 1.54) is 25.8 Å². The highest BCUT2D eigenvalue weighted by Gasteiger charge is 2.17. The molecule has 0 bridgehead atoms. The Labute approximate surface area is 158 Å². The highest BCUT2D eigenvalue weighted by molar-refractivity contribution is 5.79. The van der Waals surface area contributed by atoms with Crippen molar-refractivity contribution in [1.29, 1.82) is 0 Å². The van der Waals surface area contributed by atoms with Gasteiger partial charge < -0.3 is 20.3 Å². The lowest BCUT2D eigenvalue weighted by atomic mass is 10.0. The first-order valence-electron chi connectivity index (χ1n) is 10.1. The van der Waals surface area contributed by atoms with Gasteiger partial charge in [0.15, 0.2) is 5.96 Å². The number of nitrogens with one attached hydrogen (secondary N) is 2. The minimum atomic E-state index is 0.557. The summed E-state index contributed by atoms with van der Waals surface area (Å²) in [6, 6.07) is 4.67. The molecule has 6 nitrogen and oxygen atoms in total. The van der Waals surface area contributed by atoms with E-state index in [-0.39, 0.29) is 0 Å². The molecule has 0 spiro atoms. The number of rotatable bonds is 9. The first-order chi connectivity index (χ1) is 12.7. The number of aromatic nitrogens is 1. The van der Waals surface area contributed by atoms with Gasteiger partial charge >= 0.3 is 0 Å². The SMILES string of the molecule is CCNC(=NCc1cccnc1OCC)NCCCN1CCCCC1C. The molecule has 1 aliphatic heterocycles. The lowest BCUT2D eigenvalue weighted by Gasteiger charge is -2.33. The molecular formula is C20H35N5O. The van der Waals surface area contributed by atoms with Crippen molar-refractivity contribution in [2.24, 2.45) is 4.99 Å². The van der Waals surface area contributed by atoms with Gasteiger partial charge in [0.05, 0.1) is 13.2 Å². The normalized spacial score (nSPS) is 18.6. The zero-order chi connectivity index (χ0) is 18.6. The van der Waals surface area contributed by atoms with Gasteiger partial charge in [-0.05, 0) is 52.6 Å². The molecule has 6 heteroatoms. The van der Waals surface area contributed by atoms with Gasteiger partial charge in [0.25, 0.3) is 0 Å². The van der Waals surface area contributed by atoms with Gasteiger partial charge in [0.2, 0.25) is 5.88 Å². The number of piperidine rings is 1. The summed E-state index contributed by atoms with van der Waals surface area (Å²) in [6.45, 7) is 11.8. The van der Waals surface area contributed by atoms with Gasteiger partial charge in [-0.3, -0.25) is 0 Å². The molecule has 26 heavy (non-hydrogen) atoms. The van der Waals surface area contributed by atoms with Crippen LogP contribution in [0.4, 0.5) is 0 Å². The topological polar surface area (TPSA) is 61.8 Å². The van der Waals surface area contributed by atoms with E-state index >= 15 is 0 Å². The van der Waals surface area contributed by atoms with E-state index in [0.29, 0.717) is 19.0 Å². The van der Waals surface area contributed by atoms with E-state index in [9.17, 15) is 0 Å². The van der Waals surface area contributed by atoms with E-state index in [0.717, 1.165) is 43.6 Å². The van der Waals surface area contributed by atoms with Crippen molar-refractivity contribution in [1.82, 2.24) is 20.5 Å². The molecule has 146 valence electrons. The van der Waals surface area contributed by atoms with Crippen LogP contribution in [0.1, 0.15) is 52.0 Å². The molecule has 1 atom stereocenters. The molecule has 1 aromatic rings. The van der Waals surface area contributed by atoms with Crippen LogP contribution in [0.5, 0.6) is 5.88 Å². The second kappa shape index (κ2) is 11.7. The first kappa shape index (κ1) is 20.5. The van der Waals surface area contributed by atoms with Crippen LogP contribution in [-0.2, 0) is 6.54 Å². The Kier molecular flexibility index (Phi) is 9.24. The highest BCUT2D eigenvalue weighted by Crippen LogP contribution is 2.16. The van der Waals surface area contributed by atoms with Crippen LogP contribution in [0.3, 0.4) is 0 Å². The molecule has 2 heterocycles. The van der Waals surface area contributed by atoms with Crippen molar-refractivity contribution in [3.8, 4) is 5.88 Å². The zero-order valence-corrected chi connectivity index (χ0v) is 16.6. The third-order valence-electron chi connectivity index (χ3n) is 4.74. The maximum Gasteiger partial charge on any atom is 0.218 e. The van der Waals surface area contributed by atoms with E-state index in [4.69, 9.17) is 4.74 Å². The minimum Gasteiger partial charge on any atom is -0.478 e. The maximum atomic E-state index is 5.58. The second-order valence-corrected chi connectivity index (χ2v) is 6.76. The molecule has 0 amide bonds. The van der Waals surface area contributed by atoms with Crippen molar-refractivity contribution in [3.05, 3.63) is 23.9 Å². The van der Waals surface area contributed by atoms with Gasteiger partial charge in [-0.1, -0.05) is 12.5 Å². The Balaban J connectivity index is 1.81. The Morgan fingerprint density at radius 1 is 1.35 bits per heavy atom. The number of aliphatic imine (C=N–C) groups is 1. The largest absolute Gasteiger partial charge is 0.478 e. The van der Waals surface area contributed by atoms with Crippen molar-refractivity contribution in [2.45, 2.75) is 59.0 Å². The van der Waals surface area contributed by atoms with Crippen LogP contribution in [0.25, 0.3) is 0 Å². The van der Waals surface area contributed by atoms with Gasteiger partial charge in [0.1, 0.15) is 0 Å². The number of hydrogen-bond donors (Lipinski definition) is 2. The van der Waals surface area contributed by atoms with E-state index < -0.39 is 0 Å². The molecule has 1 aliphatic rings. The van der Waals surface area contributed by atoms with E-state index in [1.807, 2.05) is 19.1 Å². The molecule has 2 rings (SSSR count).